The minimum atomic E-state index is -5.10. The van der Waals surface area contributed by atoms with Crippen LogP contribution in [-0.2, 0) is 20.2 Å². The van der Waals surface area contributed by atoms with E-state index in [1.165, 1.54) is 13.2 Å². The number of carbonyl (C=O) groups is 1. The van der Waals surface area contributed by atoms with E-state index in [1.807, 2.05) is 0 Å². The average molecular weight is 648 g/mol. The van der Waals surface area contributed by atoms with Crippen LogP contribution in [0.2, 0.25) is 0 Å². The van der Waals surface area contributed by atoms with Crippen LogP contribution >= 0.6 is 0 Å². The van der Waals surface area contributed by atoms with Gasteiger partial charge in [-0.05, 0) is 41.8 Å². The fourth-order valence-electron chi connectivity index (χ4n) is 3.84. The third-order valence-corrected chi connectivity index (χ3v) is 7.60. The number of rotatable bonds is 9. The highest BCUT2D eigenvalue weighted by atomic mass is 32.2. The molecule has 0 saturated heterocycles. The number of methoxy groups -OCH3 is 1. The van der Waals surface area contributed by atoms with E-state index >= 15 is 0 Å². The first-order valence-corrected chi connectivity index (χ1v) is 14.4. The van der Waals surface area contributed by atoms with Crippen LogP contribution in [0.25, 0.3) is 10.8 Å². The van der Waals surface area contributed by atoms with Gasteiger partial charge in [-0.1, -0.05) is 6.07 Å². The largest absolute Gasteiger partial charge is 0.505 e. The van der Waals surface area contributed by atoms with Crippen molar-refractivity contribution in [3.63, 3.8) is 0 Å². The summed E-state index contributed by atoms with van der Waals surface area (Å²) in [6, 6.07) is 8.96. The molecule has 0 aliphatic rings. The second-order valence-corrected chi connectivity index (χ2v) is 11.3. The smallest absolute Gasteiger partial charge is 0.342 e. The van der Waals surface area contributed by atoms with Crippen LogP contribution in [0, 0.1) is 10.1 Å². The zero-order valence-electron chi connectivity index (χ0n) is 21.8. The van der Waals surface area contributed by atoms with Crippen molar-refractivity contribution in [3.8, 4) is 17.2 Å². The zero-order valence-corrected chi connectivity index (χ0v) is 23.4. The van der Waals surface area contributed by atoms with Crippen LogP contribution in [0.5, 0.6) is 17.2 Å². The number of aromatic carboxylic acids is 1. The quantitative estimate of drug-likeness (QED) is 0.0677. The maximum absolute atomic E-state index is 12.1. The topological polar surface area (TPSA) is 288 Å². The van der Waals surface area contributed by atoms with Gasteiger partial charge in [-0.15, -0.1) is 15.3 Å². The van der Waals surface area contributed by atoms with Crippen LogP contribution in [0.4, 0.5) is 28.4 Å². The third-order valence-electron chi connectivity index (χ3n) is 5.83. The number of hydrogen-bond donors (Lipinski definition) is 5. The van der Waals surface area contributed by atoms with Crippen molar-refractivity contribution in [2.75, 3.05) is 7.11 Å². The van der Waals surface area contributed by atoms with E-state index in [4.69, 9.17) is 4.74 Å². The number of hydrogen-bond acceptors (Lipinski definition) is 14. The Morgan fingerprint density at radius 1 is 0.818 bits per heavy atom. The number of fused-ring (bicyclic) bond motifs is 1. The maximum atomic E-state index is 12.1. The molecule has 4 rings (SSSR count). The molecule has 0 aromatic heterocycles. The molecule has 20 heteroatoms. The molecule has 0 saturated carbocycles. The van der Waals surface area contributed by atoms with Crippen molar-refractivity contribution in [1.29, 1.82) is 0 Å². The number of benzene rings is 4. The molecule has 5 N–H and O–H groups in total. The van der Waals surface area contributed by atoms with Crippen LogP contribution in [0.15, 0.2) is 84.8 Å². The number of nitro benzene ring substituents is 1. The number of aromatic hydroxyl groups is 2. The van der Waals surface area contributed by atoms with Crippen LogP contribution in [-0.4, -0.2) is 59.3 Å². The monoisotopic (exact) mass is 647 g/mol. The molecule has 0 amide bonds. The van der Waals surface area contributed by atoms with E-state index in [9.17, 15) is 56.2 Å². The average Bonchev–Trinajstić information content (AvgIpc) is 2.94. The van der Waals surface area contributed by atoms with E-state index in [0.29, 0.717) is 0 Å². The van der Waals surface area contributed by atoms with Gasteiger partial charge in [0.1, 0.15) is 38.2 Å². The van der Waals surface area contributed by atoms with Gasteiger partial charge in [-0.25, -0.2) is 4.79 Å². The lowest BCUT2D eigenvalue weighted by molar-refractivity contribution is -0.385. The van der Waals surface area contributed by atoms with Crippen molar-refractivity contribution in [2.45, 2.75) is 9.79 Å². The lowest BCUT2D eigenvalue weighted by atomic mass is 10.1. The van der Waals surface area contributed by atoms with E-state index in [2.05, 4.69) is 20.5 Å². The summed E-state index contributed by atoms with van der Waals surface area (Å²) in [6.45, 7) is 0. The summed E-state index contributed by atoms with van der Waals surface area (Å²) in [5.41, 5.74) is -3.57. The summed E-state index contributed by atoms with van der Waals surface area (Å²) in [5.74, 6) is -3.40. The molecule has 0 bridgehead atoms. The predicted molar refractivity (Wildman–Crippen MR) is 148 cm³/mol. The number of ether oxygens (including phenoxy) is 1. The Labute approximate surface area is 245 Å². The molecule has 4 aromatic rings. The van der Waals surface area contributed by atoms with Gasteiger partial charge in [0, 0.05) is 12.1 Å². The van der Waals surface area contributed by atoms with Crippen LogP contribution in [0.3, 0.4) is 0 Å². The number of carboxylic acid groups (broad SMARTS) is 1. The standard InChI is InChI=1S/C24H17N5O13S2/c1-42-13-4-7-18(43(36,37)38)16(10-13)27-26-15-5-2-11-8-19(44(39,40)41)21(23(31)20(11)22(15)30)28-25-12-3-6-17(29(34)35)14(9-12)24(32)33/h2-10,30-31H,1H3,(H,32,33)(H,36,37,38)(H,39,40,41)/b27-26+,28-25+. The summed E-state index contributed by atoms with van der Waals surface area (Å²) < 4.78 is 72.0. The Morgan fingerprint density at radius 3 is 2.07 bits per heavy atom. The van der Waals surface area contributed by atoms with Crippen LogP contribution < -0.4 is 4.74 Å². The third kappa shape index (κ3) is 6.27. The van der Waals surface area contributed by atoms with Crippen molar-refractivity contribution < 1.29 is 55.7 Å². The fourth-order valence-corrected chi connectivity index (χ4v) is 5.10. The van der Waals surface area contributed by atoms with Gasteiger partial charge in [0.25, 0.3) is 25.9 Å². The summed E-state index contributed by atoms with van der Waals surface area (Å²) in [5, 5.41) is 56.3. The number of nitro groups is 1. The molecular weight excluding hydrogens is 630 g/mol. The van der Waals surface area contributed by atoms with Crippen LogP contribution in [0.1, 0.15) is 10.4 Å². The highest BCUT2D eigenvalue weighted by Gasteiger charge is 2.25. The van der Waals surface area contributed by atoms with Gasteiger partial charge in [0.2, 0.25) is 0 Å². The molecule has 0 fully saturated rings. The SMILES string of the molecule is COc1ccc(S(=O)(=O)O)c(/N=N/c2ccc3cc(S(=O)(=O)O)c(/N=N/c4ccc([N+](=O)[O-])c(C(=O)O)c4)c(O)c3c2O)c1. The molecule has 0 aliphatic heterocycles. The van der Waals surface area contributed by atoms with Gasteiger partial charge in [-0.3, -0.25) is 19.2 Å². The minimum Gasteiger partial charge on any atom is -0.505 e. The number of phenolic OH excluding ortho intramolecular Hbond substituents is 2. The highest BCUT2D eigenvalue weighted by Crippen LogP contribution is 2.48. The maximum Gasteiger partial charge on any atom is 0.342 e. The van der Waals surface area contributed by atoms with E-state index in [0.717, 1.165) is 48.5 Å². The molecule has 18 nitrogen and oxygen atoms in total. The molecule has 228 valence electrons. The molecule has 0 spiro atoms. The first-order chi connectivity index (χ1) is 20.5. The summed E-state index contributed by atoms with van der Waals surface area (Å²) in [6.07, 6.45) is 0. The zero-order chi connectivity index (χ0) is 32.6. The number of nitrogens with zero attached hydrogens (tertiary/aromatic N) is 5. The van der Waals surface area contributed by atoms with Crippen molar-refractivity contribution in [3.05, 3.63) is 70.3 Å². The van der Waals surface area contributed by atoms with Gasteiger partial charge < -0.3 is 20.1 Å². The Bertz CT molecular complexity index is 2150. The molecule has 0 heterocycles. The van der Waals surface area contributed by atoms with E-state index in [1.54, 1.807) is 0 Å². The molecule has 0 unspecified atom stereocenters. The number of phenols is 2. The summed E-state index contributed by atoms with van der Waals surface area (Å²) in [7, 11) is -8.58. The molecule has 0 radical (unpaired) electrons. The predicted octanol–water partition coefficient (Wildman–Crippen LogP) is 5.19. The lowest BCUT2D eigenvalue weighted by Crippen LogP contribution is -2.02. The molecule has 4 aromatic carbocycles. The first kappa shape index (κ1) is 31.4. The molecule has 44 heavy (non-hydrogen) atoms. The Kier molecular flexibility index (Phi) is 8.27. The summed E-state index contributed by atoms with van der Waals surface area (Å²) in [4.78, 5) is 19.9. The van der Waals surface area contributed by atoms with Gasteiger partial charge >= 0.3 is 5.97 Å². The molecule has 0 atom stereocenters. The minimum absolute atomic E-state index is 0.142. The Morgan fingerprint density at radius 2 is 1.48 bits per heavy atom. The number of carboxylic acids is 1. The fraction of sp³-hybridized carbons (Fsp3) is 0.0417. The van der Waals surface area contributed by atoms with Crippen molar-refractivity contribution in [2.24, 2.45) is 20.5 Å². The lowest BCUT2D eigenvalue weighted by Gasteiger charge is -2.11. The Balaban J connectivity index is 1.89. The van der Waals surface area contributed by atoms with E-state index < -0.39 is 80.4 Å². The van der Waals surface area contributed by atoms with Gasteiger partial charge in [-0.2, -0.15) is 21.9 Å². The Hall–Kier alpha value is -5.57. The first-order valence-electron chi connectivity index (χ1n) is 11.5. The highest BCUT2D eigenvalue weighted by molar-refractivity contribution is 7.86. The second kappa shape index (κ2) is 11.6. The van der Waals surface area contributed by atoms with Crippen molar-refractivity contribution in [1.82, 2.24) is 0 Å². The number of azo groups is 2. The molecule has 0 aliphatic carbocycles. The van der Waals surface area contributed by atoms with E-state index in [-0.39, 0.29) is 22.5 Å². The summed E-state index contributed by atoms with van der Waals surface area (Å²) >= 11 is 0. The van der Waals surface area contributed by atoms with Crippen molar-refractivity contribution >= 4 is 65.4 Å². The molecular formula is C24H17N5O13S2. The second-order valence-electron chi connectivity index (χ2n) is 8.55. The van der Waals surface area contributed by atoms with Gasteiger partial charge in [0.15, 0.2) is 11.5 Å². The normalized spacial score (nSPS) is 12.2. The van der Waals surface area contributed by atoms with Gasteiger partial charge in [0.05, 0.1) is 23.1 Å².